The van der Waals surface area contributed by atoms with Crippen LogP contribution in [-0.4, -0.2) is 86.1 Å². The monoisotopic (exact) mass is 560 g/mol. The van der Waals surface area contributed by atoms with E-state index in [2.05, 4.69) is 51.0 Å². The lowest BCUT2D eigenvalue weighted by Gasteiger charge is -2.14. The van der Waals surface area contributed by atoms with Crippen LogP contribution in [-0.2, 0) is 22.6 Å². The number of anilines is 1. The number of hydrogen-bond donors (Lipinski definition) is 3. The van der Waals surface area contributed by atoms with Crippen LogP contribution in [0.2, 0.25) is 0 Å². The molecule has 12 heteroatoms. The zero-order chi connectivity index (χ0) is 28.4. The molecule has 0 unspecified atom stereocenters. The zero-order valence-corrected chi connectivity index (χ0v) is 23.9. The highest BCUT2D eigenvalue weighted by Crippen LogP contribution is 2.22. The quantitative estimate of drug-likeness (QED) is 0.188. The van der Waals surface area contributed by atoms with E-state index in [-0.39, 0.29) is 11.8 Å². The van der Waals surface area contributed by atoms with Crippen LogP contribution >= 0.6 is 0 Å². The number of nitrogens with one attached hydrogen (secondary N) is 3. The fraction of sp³-hybridized carbons (Fsp3) is 0.483. The molecule has 0 aliphatic carbocycles. The summed E-state index contributed by atoms with van der Waals surface area (Å²) in [5.41, 5.74) is 3.97. The SMILES string of the molecule is CC(C)c1cnn2c(NCc3ccccc3-n3cccn3)nc(CNCCOCCNC(=O)CN3CCCC3)nc12. The Balaban J connectivity index is 1.14. The molecule has 5 rings (SSSR count). The predicted molar refractivity (Wildman–Crippen MR) is 157 cm³/mol. The first kappa shape index (κ1) is 28.7. The largest absolute Gasteiger partial charge is 0.378 e. The first-order valence-corrected chi connectivity index (χ1v) is 14.4. The van der Waals surface area contributed by atoms with E-state index >= 15 is 0 Å². The summed E-state index contributed by atoms with van der Waals surface area (Å²) in [6.45, 7) is 10.0. The maximum absolute atomic E-state index is 12.0. The Kier molecular flexibility index (Phi) is 9.89. The first-order valence-electron chi connectivity index (χ1n) is 14.4. The molecule has 3 N–H and O–H groups in total. The Morgan fingerprint density at radius 2 is 1.85 bits per heavy atom. The van der Waals surface area contributed by atoms with E-state index in [1.54, 1.807) is 10.7 Å². The molecule has 0 saturated carbocycles. The molecular formula is C29H40N10O2. The summed E-state index contributed by atoms with van der Waals surface area (Å²) >= 11 is 0. The molecule has 0 atom stereocenters. The second-order valence-electron chi connectivity index (χ2n) is 10.5. The van der Waals surface area contributed by atoms with Gasteiger partial charge in [0.15, 0.2) is 5.65 Å². The van der Waals surface area contributed by atoms with Crippen molar-refractivity contribution in [3.63, 3.8) is 0 Å². The van der Waals surface area contributed by atoms with E-state index in [4.69, 9.17) is 14.7 Å². The van der Waals surface area contributed by atoms with E-state index in [0.717, 1.165) is 35.6 Å². The highest BCUT2D eigenvalue weighted by Gasteiger charge is 2.16. The second kappa shape index (κ2) is 14.2. The molecule has 41 heavy (non-hydrogen) atoms. The molecule has 4 heterocycles. The average molecular weight is 561 g/mol. The number of likely N-dealkylation sites (tertiary alicyclic amines) is 1. The van der Waals surface area contributed by atoms with E-state index in [9.17, 15) is 4.79 Å². The lowest BCUT2D eigenvalue weighted by molar-refractivity contribution is -0.122. The number of ether oxygens (including phenoxy) is 1. The molecule has 4 aromatic rings. The summed E-state index contributed by atoms with van der Waals surface area (Å²) in [6.07, 6.45) is 7.94. The van der Waals surface area contributed by atoms with Crippen LogP contribution in [0.5, 0.6) is 0 Å². The lowest BCUT2D eigenvalue weighted by atomic mass is 10.1. The smallest absolute Gasteiger partial charge is 0.234 e. The highest BCUT2D eigenvalue weighted by atomic mass is 16.5. The number of benzene rings is 1. The minimum Gasteiger partial charge on any atom is -0.378 e. The predicted octanol–water partition coefficient (Wildman–Crippen LogP) is 2.36. The first-order chi connectivity index (χ1) is 20.1. The number of amides is 1. The van der Waals surface area contributed by atoms with Crippen molar-refractivity contribution < 1.29 is 9.53 Å². The standard InChI is InChI=1S/C29H40N10O2/c1-22(2)24-19-34-39-28(24)35-26(20-30-11-16-41-17-12-31-27(40)21-37-13-5-6-14-37)36-29(39)32-18-23-8-3-4-9-25(23)38-15-7-10-33-38/h3-4,7-10,15,19,22,30H,5-6,11-14,16-18,20-21H2,1-2H3,(H,31,40)(H,32,35,36). The van der Waals surface area contributed by atoms with Gasteiger partial charge in [-0.3, -0.25) is 9.69 Å². The average Bonchev–Trinajstić information content (AvgIpc) is 3.76. The number of fused-ring (bicyclic) bond motifs is 1. The molecule has 0 spiro atoms. The molecule has 0 radical (unpaired) electrons. The van der Waals surface area contributed by atoms with Crippen molar-refractivity contribution in [3.8, 4) is 5.69 Å². The van der Waals surface area contributed by atoms with Crippen molar-refractivity contribution in [1.82, 2.24) is 44.9 Å². The maximum atomic E-state index is 12.0. The minimum absolute atomic E-state index is 0.0658. The fourth-order valence-corrected chi connectivity index (χ4v) is 4.92. The summed E-state index contributed by atoms with van der Waals surface area (Å²) in [5.74, 6) is 1.66. The fourth-order valence-electron chi connectivity index (χ4n) is 4.92. The van der Waals surface area contributed by atoms with Gasteiger partial charge in [0.25, 0.3) is 0 Å². The Labute approximate surface area is 240 Å². The van der Waals surface area contributed by atoms with Crippen molar-refractivity contribution in [3.05, 3.63) is 65.9 Å². The Bertz CT molecular complexity index is 1400. The third-order valence-corrected chi connectivity index (χ3v) is 7.08. The Morgan fingerprint density at radius 1 is 1.02 bits per heavy atom. The number of para-hydroxylation sites is 1. The molecule has 0 bridgehead atoms. The lowest BCUT2D eigenvalue weighted by Crippen LogP contribution is -2.37. The third kappa shape index (κ3) is 7.66. The van der Waals surface area contributed by atoms with Crippen molar-refractivity contribution in [2.24, 2.45) is 0 Å². The number of aromatic nitrogens is 6. The number of hydrogen-bond acceptors (Lipinski definition) is 9. The van der Waals surface area contributed by atoms with Crippen molar-refractivity contribution >= 4 is 17.5 Å². The van der Waals surface area contributed by atoms with Crippen LogP contribution in [0.25, 0.3) is 11.3 Å². The molecule has 1 aliphatic rings. The van der Waals surface area contributed by atoms with Gasteiger partial charge in [0, 0.05) is 37.6 Å². The Morgan fingerprint density at radius 3 is 2.66 bits per heavy atom. The van der Waals surface area contributed by atoms with Gasteiger partial charge in [-0.15, -0.1) is 0 Å². The molecule has 3 aromatic heterocycles. The molecule has 1 saturated heterocycles. The minimum atomic E-state index is 0.0658. The van der Waals surface area contributed by atoms with Gasteiger partial charge in [-0.05, 0) is 49.5 Å². The molecule has 12 nitrogen and oxygen atoms in total. The summed E-state index contributed by atoms with van der Waals surface area (Å²) in [6, 6.07) is 10.1. The van der Waals surface area contributed by atoms with Crippen LogP contribution in [0.15, 0.2) is 48.9 Å². The van der Waals surface area contributed by atoms with Gasteiger partial charge in [0.1, 0.15) is 5.82 Å². The van der Waals surface area contributed by atoms with Crippen molar-refractivity contribution in [1.29, 1.82) is 0 Å². The van der Waals surface area contributed by atoms with Crippen LogP contribution in [0, 0.1) is 0 Å². The molecule has 1 fully saturated rings. The van der Waals surface area contributed by atoms with Gasteiger partial charge in [-0.25, -0.2) is 9.67 Å². The second-order valence-corrected chi connectivity index (χ2v) is 10.5. The topological polar surface area (TPSA) is 127 Å². The van der Waals surface area contributed by atoms with E-state index < -0.39 is 0 Å². The van der Waals surface area contributed by atoms with Gasteiger partial charge in [0.2, 0.25) is 11.9 Å². The third-order valence-electron chi connectivity index (χ3n) is 7.08. The van der Waals surface area contributed by atoms with Crippen molar-refractivity contribution in [2.75, 3.05) is 51.3 Å². The van der Waals surface area contributed by atoms with Gasteiger partial charge in [-0.2, -0.15) is 19.7 Å². The van der Waals surface area contributed by atoms with Gasteiger partial charge < -0.3 is 20.7 Å². The van der Waals surface area contributed by atoms with Crippen molar-refractivity contribution in [2.45, 2.75) is 45.7 Å². The zero-order valence-electron chi connectivity index (χ0n) is 23.9. The Hall–Kier alpha value is -3.87. The maximum Gasteiger partial charge on any atom is 0.234 e. The van der Waals surface area contributed by atoms with Gasteiger partial charge in [-0.1, -0.05) is 32.0 Å². The molecule has 1 aliphatic heterocycles. The molecule has 1 amide bonds. The number of nitrogens with zero attached hydrogens (tertiary/aromatic N) is 7. The highest BCUT2D eigenvalue weighted by molar-refractivity contribution is 5.78. The van der Waals surface area contributed by atoms with Gasteiger partial charge >= 0.3 is 0 Å². The summed E-state index contributed by atoms with van der Waals surface area (Å²) in [5, 5.41) is 18.7. The van der Waals surface area contributed by atoms with Crippen LogP contribution < -0.4 is 16.0 Å². The van der Waals surface area contributed by atoms with E-state index in [1.165, 1.54) is 12.8 Å². The summed E-state index contributed by atoms with van der Waals surface area (Å²) in [4.78, 5) is 23.8. The normalized spacial score (nSPS) is 13.8. The molecular weight excluding hydrogens is 520 g/mol. The molecule has 218 valence electrons. The summed E-state index contributed by atoms with van der Waals surface area (Å²) < 4.78 is 9.32. The van der Waals surface area contributed by atoms with Crippen LogP contribution in [0.1, 0.15) is 49.6 Å². The van der Waals surface area contributed by atoms with Gasteiger partial charge in [0.05, 0.1) is 38.2 Å². The van der Waals surface area contributed by atoms with Crippen LogP contribution in [0.3, 0.4) is 0 Å². The van der Waals surface area contributed by atoms with E-state index in [1.807, 2.05) is 41.3 Å². The molecule has 1 aromatic carbocycles. The number of carbonyl (C=O) groups excluding carboxylic acids is 1. The van der Waals surface area contributed by atoms with E-state index in [0.29, 0.717) is 57.7 Å². The number of carbonyl (C=O) groups is 1. The van der Waals surface area contributed by atoms with Crippen LogP contribution in [0.4, 0.5) is 5.95 Å². The summed E-state index contributed by atoms with van der Waals surface area (Å²) in [7, 11) is 0. The number of rotatable bonds is 15.